The van der Waals surface area contributed by atoms with Crippen LogP contribution < -0.4 is 5.32 Å². The van der Waals surface area contributed by atoms with Gasteiger partial charge in [0.2, 0.25) is 11.8 Å². The lowest BCUT2D eigenvalue weighted by molar-refractivity contribution is -0.128. The summed E-state index contributed by atoms with van der Waals surface area (Å²) in [4.78, 5) is 25.0. The molecule has 3 heterocycles. The first kappa shape index (κ1) is 12.6. The van der Waals surface area contributed by atoms with Crippen LogP contribution >= 0.6 is 0 Å². The summed E-state index contributed by atoms with van der Waals surface area (Å²) in [6.07, 6.45) is 2.13. The molecule has 1 saturated heterocycles. The highest BCUT2D eigenvalue weighted by molar-refractivity contribution is 5.89. The first-order chi connectivity index (χ1) is 9.65. The van der Waals surface area contributed by atoms with Gasteiger partial charge in [0, 0.05) is 26.2 Å². The van der Waals surface area contributed by atoms with Gasteiger partial charge in [-0.3, -0.25) is 14.0 Å². The Hall–Kier alpha value is -2.44. The molecular formula is C13H15N5O2. The molecule has 0 aromatic carbocycles. The molecule has 104 valence electrons. The van der Waals surface area contributed by atoms with Crippen molar-refractivity contribution in [1.82, 2.24) is 24.8 Å². The summed E-state index contributed by atoms with van der Waals surface area (Å²) in [6.45, 7) is 0.781. The third kappa shape index (κ3) is 2.22. The summed E-state index contributed by atoms with van der Waals surface area (Å²) in [5, 5.41) is 10.9. The van der Waals surface area contributed by atoms with Crippen LogP contribution in [0.5, 0.6) is 0 Å². The molecule has 7 nitrogen and oxygen atoms in total. The second kappa shape index (κ2) is 4.92. The van der Waals surface area contributed by atoms with E-state index in [0.29, 0.717) is 18.9 Å². The van der Waals surface area contributed by atoms with E-state index in [0.717, 1.165) is 5.65 Å². The summed E-state index contributed by atoms with van der Waals surface area (Å²) >= 11 is 0. The molecule has 0 bridgehead atoms. The predicted molar refractivity (Wildman–Crippen MR) is 70.6 cm³/mol. The van der Waals surface area contributed by atoms with Crippen molar-refractivity contribution in [2.45, 2.75) is 13.0 Å². The number of hydrogen-bond acceptors (Lipinski definition) is 4. The third-order valence-corrected chi connectivity index (χ3v) is 3.52. The lowest BCUT2D eigenvalue weighted by Crippen LogP contribution is -2.32. The zero-order valence-electron chi connectivity index (χ0n) is 11.1. The Morgan fingerprint density at radius 3 is 3.05 bits per heavy atom. The molecule has 2 aromatic rings. The van der Waals surface area contributed by atoms with E-state index in [2.05, 4.69) is 15.5 Å². The molecule has 1 unspecified atom stereocenters. The second-order valence-corrected chi connectivity index (χ2v) is 4.94. The van der Waals surface area contributed by atoms with E-state index >= 15 is 0 Å². The third-order valence-electron chi connectivity index (χ3n) is 3.52. The Kier molecular flexibility index (Phi) is 3.09. The Morgan fingerprint density at radius 2 is 2.30 bits per heavy atom. The molecular weight excluding hydrogens is 258 g/mol. The van der Waals surface area contributed by atoms with Crippen molar-refractivity contribution < 1.29 is 9.59 Å². The van der Waals surface area contributed by atoms with Gasteiger partial charge in [0.1, 0.15) is 0 Å². The first-order valence-electron chi connectivity index (χ1n) is 6.45. The van der Waals surface area contributed by atoms with Crippen molar-refractivity contribution >= 4 is 17.5 Å². The van der Waals surface area contributed by atoms with Gasteiger partial charge in [-0.1, -0.05) is 6.07 Å². The Bertz CT molecular complexity index is 666. The van der Waals surface area contributed by atoms with Gasteiger partial charge in [-0.05, 0) is 12.1 Å². The van der Waals surface area contributed by atoms with Gasteiger partial charge in [0.15, 0.2) is 11.5 Å². The maximum atomic E-state index is 12.0. The summed E-state index contributed by atoms with van der Waals surface area (Å²) in [7, 11) is 1.71. The predicted octanol–water partition coefficient (Wildman–Crippen LogP) is -0.176. The van der Waals surface area contributed by atoms with Gasteiger partial charge in [-0.2, -0.15) is 0 Å². The Morgan fingerprint density at radius 1 is 1.45 bits per heavy atom. The van der Waals surface area contributed by atoms with Crippen LogP contribution in [0.15, 0.2) is 24.4 Å². The average Bonchev–Trinajstić information content (AvgIpc) is 3.01. The van der Waals surface area contributed by atoms with E-state index in [4.69, 9.17) is 0 Å². The lowest BCUT2D eigenvalue weighted by atomic mass is 10.1. The van der Waals surface area contributed by atoms with E-state index < -0.39 is 0 Å². The van der Waals surface area contributed by atoms with Gasteiger partial charge >= 0.3 is 0 Å². The number of hydrogen-bond donors (Lipinski definition) is 1. The molecule has 0 spiro atoms. The molecule has 7 heteroatoms. The number of pyridine rings is 1. The molecule has 0 aliphatic carbocycles. The van der Waals surface area contributed by atoms with Gasteiger partial charge in [-0.25, -0.2) is 0 Å². The van der Waals surface area contributed by atoms with Crippen molar-refractivity contribution in [1.29, 1.82) is 0 Å². The maximum Gasteiger partial charge on any atom is 0.225 e. The van der Waals surface area contributed by atoms with Crippen LogP contribution in [0, 0.1) is 5.92 Å². The molecule has 1 fully saturated rings. The molecule has 2 aromatic heterocycles. The SMILES string of the molecule is CN1CC(C(=O)NCc2nnc3ccccn23)CC1=O. The van der Waals surface area contributed by atoms with Gasteiger partial charge in [0.05, 0.1) is 12.5 Å². The summed E-state index contributed by atoms with van der Waals surface area (Å²) < 4.78 is 1.83. The van der Waals surface area contributed by atoms with E-state index in [-0.39, 0.29) is 24.2 Å². The van der Waals surface area contributed by atoms with E-state index in [1.165, 1.54) is 0 Å². The first-order valence-corrected chi connectivity index (χ1v) is 6.45. The molecule has 1 aliphatic heterocycles. The molecule has 0 saturated carbocycles. The van der Waals surface area contributed by atoms with Crippen molar-refractivity contribution in [3.63, 3.8) is 0 Å². The van der Waals surface area contributed by atoms with E-state index in [9.17, 15) is 9.59 Å². The number of carbonyl (C=O) groups is 2. The topological polar surface area (TPSA) is 79.6 Å². The molecule has 20 heavy (non-hydrogen) atoms. The minimum Gasteiger partial charge on any atom is -0.348 e. The van der Waals surface area contributed by atoms with Crippen LogP contribution in [0.4, 0.5) is 0 Å². The maximum absolute atomic E-state index is 12.0. The molecule has 0 radical (unpaired) electrons. The van der Waals surface area contributed by atoms with Crippen LogP contribution in [0.25, 0.3) is 5.65 Å². The lowest BCUT2D eigenvalue weighted by Gasteiger charge is -2.10. The Labute approximate surface area is 115 Å². The van der Waals surface area contributed by atoms with Crippen LogP contribution in [-0.2, 0) is 16.1 Å². The van der Waals surface area contributed by atoms with Crippen LogP contribution in [0.2, 0.25) is 0 Å². The Balaban J connectivity index is 1.65. The number of amides is 2. The van der Waals surface area contributed by atoms with Crippen molar-refractivity contribution in [2.75, 3.05) is 13.6 Å². The number of aromatic nitrogens is 3. The van der Waals surface area contributed by atoms with E-state index in [1.807, 2.05) is 28.8 Å². The van der Waals surface area contributed by atoms with Crippen molar-refractivity contribution in [3.05, 3.63) is 30.2 Å². The molecule has 2 amide bonds. The zero-order valence-corrected chi connectivity index (χ0v) is 11.1. The molecule has 3 rings (SSSR count). The number of rotatable bonds is 3. The zero-order chi connectivity index (χ0) is 14.1. The van der Waals surface area contributed by atoms with Crippen LogP contribution in [0.1, 0.15) is 12.2 Å². The van der Waals surface area contributed by atoms with Gasteiger partial charge in [-0.15, -0.1) is 10.2 Å². The average molecular weight is 273 g/mol. The van der Waals surface area contributed by atoms with Gasteiger partial charge < -0.3 is 10.2 Å². The van der Waals surface area contributed by atoms with Crippen LogP contribution in [0.3, 0.4) is 0 Å². The summed E-state index contributed by atoms with van der Waals surface area (Å²) in [6, 6.07) is 5.61. The van der Waals surface area contributed by atoms with Crippen molar-refractivity contribution in [3.8, 4) is 0 Å². The minimum atomic E-state index is -0.272. The summed E-state index contributed by atoms with van der Waals surface area (Å²) in [5.74, 6) is 0.298. The van der Waals surface area contributed by atoms with Crippen molar-refractivity contribution in [2.24, 2.45) is 5.92 Å². The molecule has 1 aliphatic rings. The monoisotopic (exact) mass is 273 g/mol. The molecule has 1 atom stereocenters. The second-order valence-electron chi connectivity index (χ2n) is 4.94. The number of nitrogens with one attached hydrogen (secondary N) is 1. The quantitative estimate of drug-likeness (QED) is 0.841. The number of nitrogens with zero attached hydrogens (tertiary/aromatic N) is 4. The van der Waals surface area contributed by atoms with Gasteiger partial charge in [0.25, 0.3) is 0 Å². The smallest absolute Gasteiger partial charge is 0.225 e. The fraction of sp³-hybridized carbons (Fsp3) is 0.385. The number of likely N-dealkylation sites (tertiary alicyclic amines) is 1. The largest absolute Gasteiger partial charge is 0.348 e. The highest BCUT2D eigenvalue weighted by Gasteiger charge is 2.31. The summed E-state index contributed by atoms with van der Waals surface area (Å²) in [5.41, 5.74) is 0.743. The normalized spacial score (nSPS) is 18.8. The number of carbonyl (C=O) groups excluding carboxylic acids is 2. The minimum absolute atomic E-state index is 0.0121. The molecule has 1 N–H and O–H groups in total. The highest BCUT2D eigenvalue weighted by Crippen LogP contribution is 2.16. The number of fused-ring (bicyclic) bond motifs is 1. The fourth-order valence-electron chi connectivity index (χ4n) is 2.36. The standard InChI is InChI=1S/C13H15N5O2/c1-17-8-9(6-12(17)19)13(20)14-7-11-16-15-10-4-2-3-5-18(10)11/h2-5,9H,6-8H2,1H3,(H,14,20). The highest BCUT2D eigenvalue weighted by atomic mass is 16.2. The fourth-order valence-corrected chi connectivity index (χ4v) is 2.36. The van der Waals surface area contributed by atoms with Crippen LogP contribution in [-0.4, -0.2) is 44.9 Å². The van der Waals surface area contributed by atoms with E-state index in [1.54, 1.807) is 11.9 Å².